The Morgan fingerprint density at radius 2 is 1.84 bits per heavy atom. The van der Waals surface area contributed by atoms with Crippen molar-refractivity contribution < 1.29 is 22.7 Å². The number of esters is 1. The number of benzene rings is 2. The van der Waals surface area contributed by atoms with Crippen LogP contribution in [0.2, 0.25) is 0 Å². The Kier molecular flexibility index (Phi) is 12.0. The number of sulfonamides is 1. The highest BCUT2D eigenvalue weighted by Crippen LogP contribution is 2.32. The Morgan fingerprint density at radius 3 is 2.47 bits per heavy atom. The summed E-state index contributed by atoms with van der Waals surface area (Å²) in [7, 11) is -3.72. The SMILES string of the molecule is CCCCS(=O)(=O)N(CC(=O)OCC)c1ccc2c(c1)CCCN2C(=O)CCc1ccc(C(=N)N)cc1.I. The summed E-state index contributed by atoms with van der Waals surface area (Å²) < 4.78 is 32.3. The molecule has 9 nitrogen and oxygen atoms in total. The van der Waals surface area contributed by atoms with E-state index < -0.39 is 16.0 Å². The van der Waals surface area contributed by atoms with E-state index in [9.17, 15) is 18.0 Å². The number of hydrogen-bond acceptors (Lipinski definition) is 6. The standard InChI is InChI=1S/C27H36N4O5S.HI/c1-3-5-17-37(34,35)31(19-26(33)36-4-2)23-13-14-24-22(18-23)7-6-16-30(24)25(32)15-10-20-8-11-21(12-9-20)27(28)29;/h8-9,11-14,18H,3-7,10,15-17,19H2,1-2H3,(H3,28,29);1H. The van der Waals surface area contributed by atoms with Crippen LogP contribution in [0.15, 0.2) is 42.5 Å². The number of nitrogens with two attached hydrogens (primary N) is 1. The number of amides is 1. The summed E-state index contributed by atoms with van der Waals surface area (Å²) in [5.41, 5.74) is 9.19. The zero-order chi connectivity index (χ0) is 27.0. The molecule has 208 valence electrons. The second-order valence-electron chi connectivity index (χ2n) is 9.05. The summed E-state index contributed by atoms with van der Waals surface area (Å²) in [5.74, 6) is -0.666. The number of hydrogen-bond donors (Lipinski definition) is 2. The molecule has 0 atom stereocenters. The van der Waals surface area contributed by atoms with Crippen molar-refractivity contribution in [1.82, 2.24) is 0 Å². The molecule has 0 unspecified atom stereocenters. The number of carbonyl (C=O) groups excluding carboxylic acids is 2. The second kappa shape index (κ2) is 14.5. The van der Waals surface area contributed by atoms with E-state index in [2.05, 4.69) is 0 Å². The van der Waals surface area contributed by atoms with Crippen molar-refractivity contribution in [3.63, 3.8) is 0 Å². The van der Waals surface area contributed by atoms with Crippen LogP contribution in [0.3, 0.4) is 0 Å². The predicted octanol–water partition coefficient (Wildman–Crippen LogP) is 4.00. The van der Waals surface area contributed by atoms with Gasteiger partial charge in [0.15, 0.2) is 0 Å². The van der Waals surface area contributed by atoms with E-state index in [1.807, 2.05) is 19.1 Å². The van der Waals surface area contributed by atoms with Gasteiger partial charge in [-0.3, -0.25) is 19.3 Å². The number of rotatable bonds is 12. The minimum atomic E-state index is -3.72. The number of amidine groups is 1. The molecule has 0 spiro atoms. The molecule has 1 aliphatic heterocycles. The number of nitrogens with zero attached hydrogens (tertiary/aromatic N) is 2. The third kappa shape index (κ3) is 8.16. The second-order valence-corrected chi connectivity index (χ2v) is 11.1. The smallest absolute Gasteiger partial charge is 0.326 e. The molecule has 2 aromatic carbocycles. The Bertz CT molecular complexity index is 1230. The molecule has 0 bridgehead atoms. The molecular weight excluding hydrogens is 619 g/mol. The van der Waals surface area contributed by atoms with Gasteiger partial charge in [-0.15, -0.1) is 24.0 Å². The highest BCUT2D eigenvalue weighted by molar-refractivity contribution is 14.0. The number of aryl methyl sites for hydroxylation is 2. The fraction of sp³-hybridized carbons (Fsp3) is 0.444. The van der Waals surface area contributed by atoms with Gasteiger partial charge in [0.2, 0.25) is 15.9 Å². The molecule has 1 heterocycles. The summed E-state index contributed by atoms with van der Waals surface area (Å²) in [6, 6.07) is 12.5. The lowest BCUT2D eigenvalue weighted by Crippen LogP contribution is -2.39. The van der Waals surface area contributed by atoms with E-state index in [1.54, 1.807) is 42.2 Å². The molecule has 0 aromatic heterocycles. The van der Waals surface area contributed by atoms with Crippen LogP contribution in [0.5, 0.6) is 0 Å². The van der Waals surface area contributed by atoms with Crippen LogP contribution in [0.1, 0.15) is 56.2 Å². The van der Waals surface area contributed by atoms with Gasteiger partial charge in [-0.05, 0) is 61.9 Å². The lowest BCUT2D eigenvalue weighted by molar-refractivity contribution is -0.141. The number of halogens is 1. The van der Waals surface area contributed by atoms with Gasteiger partial charge in [-0.25, -0.2) is 8.42 Å². The number of ether oxygens (including phenoxy) is 1. The zero-order valence-electron chi connectivity index (χ0n) is 21.9. The Balaban J connectivity index is 0.00000507. The summed E-state index contributed by atoms with van der Waals surface area (Å²) >= 11 is 0. The third-order valence-electron chi connectivity index (χ3n) is 6.33. The van der Waals surface area contributed by atoms with Gasteiger partial charge in [-0.1, -0.05) is 37.6 Å². The number of nitrogen functional groups attached to an aromatic ring is 1. The molecule has 0 fully saturated rings. The van der Waals surface area contributed by atoms with Crippen molar-refractivity contribution in [3.05, 3.63) is 59.2 Å². The van der Waals surface area contributed by atoms with Crippen LogP contribution in [0.25, 0.3) is 0 Å². The van der Waals surface area contributed by atoms with E-state index in [-0.39, 0.29) is 54.6 Å². The highest BCUT2D eigenvalue weighted by atomic mass is 127. The lowest BCUT2D eigenvalue weighted by atomic mass is 9.99. The summed E-state index contributed by atoms with van der Waals surface area (Å²) in [6.07, 6.45) is 3.56. The lowest BCUT2D eigenvalue weighted by Gasteiger charge is -2.31. The van der Waals surface area contributed by atoms with Crippen LogP contribution in [0, 0.1) is 5.41 Å². The average Bonchev–Trinajstić information content (AvgIpc) is 2.88. The van der Waals surface area contributed by atoms with Crippen molar-refractivity contribution in [2.45, 2.75) is 52.4 Å². The number of carbonyl (C=O) groups is 2. The van der Waals surface area contributed by atoms with Crippen LogP contribution in [-0.4, -0.2) is 51.6 Å². The zero-order valence-corrected chi connectivity index (χ0v) is 25.1. The minimum Gasteiger partial charge on any atom is -0.465 e. The minimum absolute atomic E-state index is 0. The summed E-state index contributed by atoms with van der Waals surface area (Å²) in [6.45, 7) is 3.97. The maximum Gasteiger partial charge on any atom is 0.326 e. The van der Waals surface area contributed by atoms with Crippen LogP contribution < -0.4 is 14.9 Å². The van der Waals surface area contributed by atoms with E-state index in [4.69, 9.17) is 15.9 Å². The number of fused-ring (bicyclic) bond motifs is 1. The predicted molar refractivity (Wildman–Crippen MR) is 161 cm³/mol. The fourth-order valence-electron chi connectivity index (χ4n) is 4.35. The van der Waals surface area contributed by atoms with Gasteiger partial charge >= 0.3 is 5.97 Å². The largest absolute Gasteiger partial charge is 0.465 e. The Morgan fingerprint density at radius 1 is 1.13 bits per heavy atom. The topological polar surface area (TPSA) is 134 Å². The molecule has 3 rings (SSSR count). The Hall–Kier alpha value is -2.67. The third-order valence-corrected chi connectivity index (χ3v) is 8.15. The van der Waals surface area contributed by atoms with Crippen LogP contribution in [0.4, 0.5) is 11.4 Å². The van der Waals surface area contributed by atoms with Gasteiger partial charge in [0.1, 0.15) is 12.4 Å². The molecule has 1 aliphatic rings. The van der Waals surface area contributed by atoms with Crippen molar-refractivity contribution in [2.75, 3.05) is 34.7 Å². The molecular formula is C27H37IN4O5S. The van der Waals surface area contributed by atoms with Gasteiger partial charge in [0.25, 0.3) is 0 Å². The number of unbranched alkanes of at least 4 members (excludes halogenated alkanes) is 1. The first-order valence-corrected chi connectivity index (χ1v) is 14.3. The quantitative estimate of drug-likeness (QED) is 0.154. The molecule has 11 heteroatoms. The first-order chi connectivity index (χ1) is 17.7. The molecule has 0 saturated carbocycles. The van der Waals surface area contributed by atoms with Crippen molar-refractivity contribution >= 4 is 63.1 Å². The summed E-state index contributed by atoms with van der Waals surface area (Å²) in [4.78, 5) is 27.1. The van der Waals surface area contributed by atoms with Crippen molar-refractivity contribution in [3.8, 4) is 0 Å². The van der Waals surface area contributed by atoms with Gasteiger partial charge in [0.05, 0.1) is 18.0 Å². The number of nitrogens with one attached hydrogen (secondary N) is 1. The Labute approximate surface area is 242 Å². The maximum atomic E-state index is 13.1. The van der Waals surface area contributed by atoms with E-state index in [1.165, 1.54) is 0 Å². The van der Waals surface area contributed by atoms with Crippen molar-refractivity contribution in [2.24, 2.45) is 5.73 Å². The molecule has 38 heavy (non-hydrogen) atoms. The van der Waals surface area contributed by atoms with E-state index in [0.29, 0.717) is 49.9 Å². The normalized spacial score (nSPS) is 12.7. The first kappa shape index (κ1) is 31.5. The fourth-order valence-corrected chi connectivity index (χ4v) is 5.96. The van der Waals surface area contributed by atoms with Gasteiger partial charge in [0, 0.05) is 24.2 Å². The number of anilines is 2. The molecule has 3 N–H and O–H groups in total. The molecule has 2 aromatic rings. The molecule has 0 saturated heterocycles. The van der Waals surface area contributed by atoms with Crippen LogP contribution in [-0.2, 0) is 37.2 Å². The van der Waals surface area contributed by atoms with Crippen molar-refractivity contribution in [1.29, 1.82) is 5.41 Å². The maximum absolute atomic E-state index is 13.1. The van der Waals surface area contributed by atoms with E-state index >= 15 is 0 Å². The van der Waals surface area contributed by atoms with Gasteiger partial charge in [-0.2, -0.15) is 0 Å². The highest BCUT2D eigenvalue weighted by Gasteiger charge is 2.28. The molecule has 0 aliphatic carbocycles. The first-order valence-electron chi connectivity index (χ1n) is 12.7. The molecule has 1 amide bonds. The molecule has 0 radical (unpaired) electrons. The van der Waals surface area contributed by atoms with Crippen LogP contribution >= 0.6 is 24.0 Å². The monoisotopic (exact) mass is 656 g/mol. The van der Waals surface area contributed by atoms with E-state index in [0.717, 1.165) is 27.5 Å². The average molecular weight is 657 g/mol. The van der Waals surface area contributed by atoms with Gasteiger partial charge < -0.3 is 15.4 Å². The summed E-state index contributed by atoms with van der Waals surface area (Å²) in [5, 5.41) is 7.49.